The summed E-state index contributed by atoms with van der Waals surface area (Å²) in [5.41, 5.74) is 2.71. The van der Waals surface area contributed by atoms with Gasteiger partial charge in [-0.2, -0.15) is 0 Å². The van der Waals surface area contributed by atoms with Crippen LogP contribution >= 0.6 is 0 Å². The highest BCUT2D eigenvalue weighted by atomic mass is 16.6. The second-order valence-electron chi connectivity index (χ2n) is 5.89. The number of ketones is 1. The number of hydrogen-bond acceptors (Lipinski definition) is 4. The molecular formula is C21H17NO3. The van der Waals surface area contributed by atoms with E-state index < -0.39 is 0 Å². The molecule has 124 valence electrons. The molecule has 4 rings (SSSR count). The number of hydrogen-bond donors (Lipinski definition) is 0. The normalized spacial score (nSPS) is 14.8. The molecule has 3 aromatic carbocycles. The second kappa shape index (κ2) is 6.40. The van der Waals surface area contributed by atoms with Gasteiger partial charge in [0.2, 0.25) is 0 Å². The van der Waals surface area contributed by atoms with Crippen molar-refractivity contribution >= 4 is 22.3 Å². The van der Waals surface area contributed by atoms with Crippen LogP contribution in [0.15, 0.2) is 65.8 Å². The SMILES string of the molecule is CO/N=C1\CCOc2cccc(C(=O)c3ccc4ccccc4c3)c21. The summed E-state index contributed by atoms with van der Waals surface area (Å²) in [7, 11) is 1.51. The molecule has 4 heteroatoms. The monoisotopic (exact) mass is 331 g/mol. The lowest BCUT2D eigenvalue weighted by Crippen LogP contribution is -2.20. The van der Waals surface area contributed by atoms with Crippen molar-refractivity contribution in [3.8, 4) is 5.75 Å². The Morgan fingerprint density at radius 2 is 1.88 bits per heavy atom. The number of ether oxygens (including phenoxy) is 1. The Hall–Kier alpha value is -3.14. The smallest absolute Gasteiger partial charge is 0.193 e. The van der Waals surface area contributed by atoms with Gasteiger partial charge in [0.05, 0.1) is 17.9 Å². The first-order valence-corrected chi connectivity index (χ1v) is 8.17. The predicted octanol–water partition coefficient (Wildman–Crippen LogP) is 4.20. The maximum atomic E-state index is 13.2. The zero-order chi connectivity index (χ0) is 17.2. The molecule has 1 aliphatic rings. The lowest BCUT2D eigenvalue weighted by atomic mass is 9.92. The number of oxime groups is 1. The second-order valence-corrected chi connectivity index (χ2v) is 5.89. The van der Waals surface area contributed by atoms with E-state index in [1.807, 2.05) is 60.7 Å². The fourth-order valence-electron chi connectivity index (χ4n) is 3.21. The summed E-state index contributed by atoms with van der Waals surface area (Å²) >= 11 is 0. The predicted molar refractivity (Wildman–Crippen MR) is 97.5 cm³/mol. The summed E-state index contributed by atoms with van der Waals surface area (Å²) in [6.07, 6.45) is 0.614. The minimum Gasteiger partial charge on any atom is -0.492 e. The van der Waals surface area contributed by atoms with E-state index >= 15 is 0 Å². The van der Waals surface area contributed by atoms with Gasteiger partial charge < -0.3 is 9.57 Å². The van der Waals surface area contributed by atoms with E-state index in [1.54, 1.807) is 0 Å². The third kappa shape index (κ3) is 2.76. The Morgan fingerprint density at radius 3 is 2.72 bits per heavy atom. The van der Waals surface area contributed by atoms with Crippen LogP contribution < -0.4 is 4.74 Å². The van der Waals surface area contributed by atoms with E-state index in [-0.39, 0.29) is 5.78 Å². The average Bonchev–Trinajstić information content (AvgIpc) is 2.67. The van der Waals surface area contributed by atoms with Crippen LogP contribution in [0.2, 0.25) is 0 Å². The molecule has 0 unspecified atom stereocenters. The standard InChI is InChI=1S/C21H17NO3/c1-24-22-18-11-12-25-19-8-4-7-17(20(18)19)21(23)16-10-9-14-5-2-3-6-15(14)13-16/h2-10,13H,11-12H2,1H3/b22-18+. The highest BCUT2D eigenvalue weighted by molar-refractivity contribution is 6.18. The Balaban J connectivity index is 1.83. The van der Waals surface area contributed by atoms with Gasteiger partial charge in [-0.25, -0.2) is 0 Å². The molecule has 0 aromatic heterocycles. The van der Waals surface area contributed by atoms with Gasteiger partial charge in [0.1, 0.15) is 12.9 Å². The number of carbonyl (C=O) groups excluding carboxylic acids is 1. The summed E-state index contributed by atoms with van der Waals surface area (Å²) in [6.45, 7) is 0.531. The Morgan fingerprint density at radius 1 is 1.04 bits per heavy atom. The third-order valence-electron chi connectivity index (χ3n) is 4.37. The van der Waals surface area contributed by atoms with Crippen LogP contribution in [-0.4, -0.2) is 25.2 Å². The molecule has 4 nitrogen and oxygen atoms in total. The third-order valence-corrected chi connectivity index (χ3v) is 4.37. The van der Waals surface area contributed by atoms with Crippen LogP contribution in [0.5, 0.6) is 5.75 Å². The van der Waals surface area contributed by atoms with Gasteiger partial charge >= 0.3 is 0 Å². The molecule has 0 atom stereocenters. The number of benzene rings is 3. The van der Waals surface area contributed by atoms with Crippen molar-refractivity contribution in [3.05, 3.63) is 77.4 Å². The van der Waals surface area contributed by atoms with Crippen molar-refractivity contribution in [2.75, 3.05) is 13.7 Å². The van der Waals surface area contributed by atoms with Gasteiger partial charge in [0.15, 0.2) is 5.78 Å². The molecule has 25 heavy (non-hydrogen) atoms. The zero-order valence-electron chi connectivity index (χ0n) is 13.9. The van der Waals surface area contributed by atoms with Crippen molar-refractivity contribution in [1.29, 1.82) is 0 Å². The molecule has 0 saturated carbocycles. The molecule has 3 aromatic rings. The van der Waals surface area contributed by atoms with Crippen molar-refractivity contribution in [3.63, 3.8) is 0 Å². The fourth-order valence-corrected chi connectivity index (χ4v) is 3.21. The Kier molecular flexibility index (Phi) is 3.94. The number of fused-ring (bicyclic) bond motifs is 2. The lowest BCUT2D eigenvalue weighted by Gasteiger charge is -2.21. The van der Waals surface area contributed by atoms with Gasteiger partial charge in [-0.3, -0.25) is 4.79 Å². The molecule has 1 heterocycles. The summed E-state index contributed by atoms with van der Waals surface area (Å²) in [5, 5.41) is 6.25. The highest BCUT2D eigenvalue weighted by Gasteiger charge is 2.25. The molecule has 1 aliphatic heterocycles. The summed E-state index contributed by atoms with van der Waals surface area (Å²) in [4.78, 5) is 18.1. The topological polar surface area (TPSA) is 47.9 Å². The largest absolute Gasteiger partial charge is 0.492 e. The van der Waals surface area contributed by atoms with E-state index in [0.717, 1.165) is 22.0 Å². The number of carbonyl (C=O) groups is 1. The molecule has 0 fully saturated rings. The first kappa shape index (κ1) is 15.4. The molecular weight excluding hydrogens is 314 g/mol. The highest BCUT2D eigenvalue weighted by Crippen LogP contribution is 2.30. The van der Waals surface area contributed by atoms with E-state index in [4.69, 9.17) is 9.57 Å². The van der Waals surface area contributed by atoms with Crippen molar-refractivity contribution in [1.82, 2.24) is 0 Å². The van der Waals surface area contributed by atoms with Gasteiger partial charge in [-0.05, 0) is 22.9 Å². The maximum absolute atomic E-state index is 13.2. The van der Waals surface area contributed by atoms with Crippen LogP contribution in [0.1, 0.15) is 27.9 Å². The van der Waals surface area contributed by atoms with Crippen molar-refractivity contribution in [2.24, 2.45) is 5.16 Å². The van der Waals surface area contributed by atoms with Crippen molar-refractivity contribution < 1.29 is 14.4 Å². The van der Waals surface area contributed by atoms with E-state index in [1.165, 1.54) is 7.11 Å². The average molecular weight is 331 g/mol. The van der Waals surface area contributed by atoms with Crippen LogP contribution in [0, 0.1) is 0 Å². The first-order valence-electron chi connectivity index (χ1n) is 8.17. The Bertz CT molecular complexity index is 991. The van der Waals surface area contributed by atoms with Gasteiger partial charge in [0.25, 0.3) is 0 Å². The van der Waals surface area contributed by atoms with Gasteiger partial charge in [0, 0.05) is 17.5 Å². The molecule has 0 N–H and O–H groups in total. The first-order chi connectivity index (χ1) is 12.3. The molecule has 0 bridgehead atoms. The molecule has 0 aliphatic carbocycles. The molecule has 0 spiro atoms. The quantitative estimate of drug-likeness (QED) is 0.534. The van der Waals surface area contributed by atoms with Gasteiger partial charge in [-0.15, -0.1) is 0 Å². The minimum absolute atomic E-state index is 0.0445. The number of rotatable bonds is 3. The summed E-state index contributed by atoms with van der Waals surface area (Å²) in [5.74, 6) is 0.630. The fraction of sp³-hybridized carbons (Fsp3) is 0.143. The van der Waals surface area contributed by atoms with E-state index in [2.05, 4.69) is 5.16 Å². The van der Waals surface area contributed by atoms with E-state index in [0.29, 0.717) is 29.9 Å². The minimum atomic E-state index is -0.0445. The molecule has 0 saturated heterocycles. The summed E-state index contributed by atoms with van der Waals surface area (Å²) in [6, 6.07) is 19.3. The Labute approximate surface area is 145 Å². The van der Waals surface area contributed by atoms with Crippen LogP contribution in [-0.2, 0) is 4.84 Å². The molecule has 0 radical (unpaired) electrons. The lowest BCUT2D eigenvalue weighted by molar-refractivity contribution is 0.103. The molecule has 0 amide bonds. The van der Waals surface area contributed by atoms with Crippen LogP contribution in [0.3, 0.4) is 0 Å². The van der Waals surface area contributed by atoms with Gasteiger partial charge in [-0.1, -0.05) is 53.7 Å². The summed E-state index contributed by atoms with van der Waals surface area (Å²) < 4.78 is 5.71. The van der Waals surface area contributed by atoms with Crippen LogP contribution in [0.25, 0.3) is 10.8 Å². The van der Waals surface area contributed by atoms with Crippen LogP contribution in [0.4, 0.5) is 0 Å². The number of nitrogens with zero attached hydrogens (tertiary/aromatic N) is 1. The zero-order valence-corrected chi connectivity index (χ0v) is 13.9. The van der Waals surface area contributed by atoms with E-state index in [9.17, 15) is 4.79 Å². The maximum Gasteiger partial charge on any atom is 0.193 e. The van der Waals surface area contributed by atoms with Crippen molar-refractivity contribution in [2.45, 2.75) is 6.42 Å².